The second-order valence-corrected chi connectivity index (χ2v) is 6.12. The van der Waals surface area contributed by atoms with Gasteiger partial charge in [0.05, 0.1) is 4.47 Å². The quantitative estimate of drug-likeness (QED) is 0.767. The maximum Gasteiger partial charge on any atom is 0.141 e. The summed E-state index contributed by atoms with van der Waals surface area (Å²) in [6, 6.07) is 12.7. The molecular formula is C18H22BrNO. The van der Waals surface area contributed by atoms with Gasteiger partial charge in [-0.25, -0.2) is 0 Å². The molecule has 2 nitrogen and oxygen atoms in total. The van der Waals surface area contributed by atoms with E-state index in [1.807, 2.05) is 18.2 Å². The van der Waals surface area contributed by atoms with Crippen molar-refractivity contribution in [3.63, 3.8) is 0 Å². The summed E-state index contributed by atoms with van der Waals surface area (Å²) in [5.74, 6) is 1.75. The van der Waals surface area contributed by atoms with E-state index in [4.69, 9.17) is 4.74 Å². The van der Waals surface area contributed by atoms with Gasteiger partial charge in [0.25, 0.3) is 0 Å². The van der Waals surface area contributed by atoms with Crippen molar-refractivity contribution in [3.05, 3.63) is 57.6 Å². The Morgan fingerprint density at radius 3 is 2.57 bits per heavy atom. The topological polar surface area (TPSA) is 21.3 Å². The van der Waals surface area contributed by atoms with Crippen LogP contribution in [-0.2, 0) is 0 Å². The molecule has 0 spiro atoms. The van der Waals surface area contributed by atoms with Crippen molar-refractivity contribution in [2.75, 3.05) is 6.54 Å². The summed E-state index contributed by atoms with van der Waals surface area (Å²) in [5.41, 5.74) is 3.66. The third-order valence-electron chi connectivity index (χ3n) is 3.74. The molecular weight excluding hydrogens is 326 g/mol. The number of hydrogen-bond acceptors (Lipinski definition) is 2. The van der Waals surface area contributed by atoms with Gasteiger partial charge in [0.15, 0.2) is 0 Å². The molecule has 112 valence electrons. The van der Waals surface area contributed by atoms with E-state index in [2.05, 4.69) is 67.1 Å². The Balaban J connectivity index is 2.23. The first-order chi connectivity index (χ1) is 10.0. The average molecular weight is 348 g/mol. The Hall–Kier alpha value is -1.32. The van der Waals surface area contributed by atoms with Crippen molar-refractivity contribution in [1.82, 2.24) is 5.32 Å². The van der Waals surface area contributed by atoms with Crippen LogP contribution in [0.1, 0.15) is 36.6 Å². The third kappa shape index (κ3) is 3.86. The Kier molecular flexibility index (Phi) is 5.43. The molecule has 0 saturated heterocycles. The van der Waals surface area contributed by atoms with Crippen molar-refractivity contribution in [1.29, 1.82) is 0 Å². The van der Waals surface area contributed by atoms with Crippen molar-refractivity contribution in [3.8, 4) is 11.5 Å². The normalized spacial score (nSPS) is 12.2. The minimum absolute atomic E-state index is 0.334. The van der Waals surface area contributed by atoms with Gasteiger partial charge in [-0.15, -0.1) is 0 Å². The van der Waals surface area contributed by atoms with E-state index >= 15 is 0 Å². The lowest BCUT2D eigenvalue weighted by Gasteiger charge is -2.16. The molecule has 0 heterocycles. The van der Waals surface area contributed by atoms with Crippen molar-refractivity contribution in [2.24, 2.45) is 0 Å². The highest BCUT2D eigenvalue weighted by atomic mass is 79.9. The molecule has 0 saturated carbocycles. The van der Waals surface area contributed by atoms with Gasteiger partial charge < -0.3 is 10.1 Å². The van der Waals surface area contributed by atoms with Crippen LogP contribution in [0.3, 0.4) is 0 Å². The first-order valence-electron chi connectivity index (χ1n) is 7.29. The van der Waals surface area contributed by atoms with E-state index < -0.39 is 0 Å². The summed E-state index contributed by atoms with van der Waals surface area (Å²) in [7, 11) is 0. The zero-order valence-electron chi connectivity index (χ0n) is 13.0. The fourth-order valence-electron chi connectivity index (χ4n) is 2.25. The maximum atomic E-state index is 6.05. The lowest BCUT2D eigenvalue weighted by Crippen LogP contribution is -2.17. The van der Waals surface area contributed by atoms with Crippen LogP contribution in [0.15, 0.2) is 40.9 Å². The molecule has 0 radical (unpaired) electrons. The van der Waals surface area contributed by atoms with Crippen LogP contribution >= 0.6 is 15.9 Å². The summed E-state index contributed by atoms with van der Waals surface area (Å²) in [5, 5.41) is 3.41. The number of halogens is 1. The number of benzene rings is 2. The van der Waals surface area contributed by atoms with Gasteiger partial charge in [-0.2, -0.15) is 0 Å². The molecule has 1 atom stereocenters. The maximum absolute atomic E-state index is 6.05. The smallest absolute Gasteiger partial charge is 0.141 e. The first kappa shape index (κ1) is 16.1. The Morgan fingerprint density at radius 1 is 1.14 bits per heavy atom. The molecule has 0 fully saturated rings. The highest BCUT2D eigenvalue weighted by Crippen LogP contribution is 2.33. The van der Waals surface area contributed by atoms with Gasteiger partial charge in [0.2, 0.25) is 0 Å². The highest BCUT2D eigenvalue weighted by molar-refractivity contribution is 9.10. The average Bonchev–Trinajstić information content (AvgIpc) is 2.46. The van der Waals surface area contributed by atoms with Gasteiger partial charge in [0, 0.05) is 6.04 Å². The number of hydrogen-bond donors (Lipinski definition) is 1. The summed E-state index contributed by atoms with van der Waals surface area (Å²) in [4.78, 5) is 0. The molecule has 1 N–H and O–H groups in total. The van der Waals surface area contributed by atoms with E-state index in [1.165, 1.54) is 16.7 Å². The second-order valence-electron chi connectivity index (χ2n) is 5.27. The van der Waals surface area contributed by atoms with Crippen LogP contribution < -0.4 is 10.1 Å². The van der Waals surface area contributed by atoms with E-state index in [0.29, 0.717) is 6.04 Å². The van der Waals surface area contributed by atoms with Crippen LogP contribution in [0.5, 0.6) is 11.5 Å². The zero-order chi connectivity index (χ0) is 15.4. The monoisotopic (exact) mass is 347 g/mol. The Labute approximate surface area is 135 Å². The fraction of sp³-hybridized carbons (Fsp3) is 0.333. The first-order valence-corrected chi connectivity index (χ1v) is 8.09. The van der Waals surface area contributed by atoms with E-state index in [-0.39, 0.29) is 0 Å². The number of aryl methyl sites for hydroxylation is 1. The minimum Gasteiger partial charge on any atom is -0.456 e. The molecule has 0 aliphatic carbocycles. The van der Waals surface area contributed by atoms with Gasteiger partial charge in [-0.05, 0) is 78.1 Å². The molecule has 1 unspecified atom stereocenters. The summed E-state index contributed by atoms with van der Waals surface area (Å²) >= 11 is 3.61. The lowest BCUT2D eigenvalue weighted by atomic mass is 10.1. The van der Waals surface area contributed by atoms with E-state index in [1.54, 1.807) is 0 Å². The standard InChI is InChI=1S/C18H22BrNO/c1-5-20-14(4)15-9-10-18(16(19)11-15)21-17-8-6-7-12(2)13(17)3/h6-11,14,20H,5H2,1-4H3. The molecule has 0 aliphatic rings. The van der Waals surface area contributed by atoms with Gasteiger partial charge in [0.1, 0.15) is 11.5 Å². The second kappa shape index (κ2) is 7.10. The molecule has 21 heavy (non-hydrogen) atoms. The number of ether oxygens (including phenoxy) is 1. The molecule has 0 bridgehead atoms. The Morgan fingerprint density at radius 2 is 1.90 bits per heavy atom. The zero-order valence-corrected chi connectivity index (χ0v) is 14.6. The van der Waals surface area contributed by atoms with Crippen LogP contribution in [-0.4, -0.2) is 6.54 Å². The Bertz CT molecular complexity index is 625. The van der Waals surface area contributed by atoms with Crippen LogP contribution in [0, 0.1) is 13.8 Å². The summed E-state index contributed by atoms with van der Waals surface area (Å²) in [6.45, 7) is 9.41. The minimum atomic E-state index is 0.334. The largest absolute Gasteiger partial charge is 0.456 e. The third-order valence-corrected chi connectivity index (χ3v) is 4.36. The van der Waals surface area contributed by atoms with Gasteiger partial charge in [-0.1, -0.05) is 25.1 Å². The van der Waals surface area contributed by atoms with Crippen LogP contribution in [0.2, 0.25) is 0 Å². The van der Waals surface area contributed by atoms with Crippen molar-refractivity contribution in [2.45, 2.75) is 33.7 Å². The number of rotatable bonds is 5. The summed E-state index contributed by atoms with van der Waals surface area (Å²) < 4.78 is 7.03. The van der Waals surface area contributed by atoms with Gasteiger partial charge >= 0.3 is 0 Å². The fourth-order valence-corrected chi connectivity index (χ4v) is 2.72. The molecule has 2 aromatic rings. The predicted octanol–water partition coefficient (Wildman–Crippen LogP) is 5.53. The van der Waals surface area contributed by atoms with Crippen molar-refractivity contribution >= 4 is 15.9 Å². The molecule has 2 aromatic carbocycles. The van der Waals surface area contributed by atoms with Crippen LogP contribution in [0.4, 0.5) is 0 Å². The lowest BCUT2D eigenvalue weighted by molar-refractivity contribution is 0.474. The predicted molar refractivity (Wildman–Crippen MR) is 92.2 cm³/mol. The highest BCUT2D eigenvalue weighted by Gasteiger charge is 2.10. The van der Waals surface area contributed by atoms with Crippen molar-refractivity contribution < 1.29 is 4.74 Å². The molecule has 0 aromatic heterocycles. The summed E-state index contributed by atoms with van der Waals surface area (Å²) in [6.07, 6.45) is 0. The number of nitrogens with one attached hydrogen (secondary N) is 1. The van der Waals surface area contributed by atoms with Crippen LogP contribution in [0.25, 0.3) is 0 Å². The van der Waals surface area contributed by atoms with E-state index in [0.717, 1.165) is 22.5 Å². The SMILES string of the molecule is CCNC(C)c1ccc(Oc2cccc(C)c2C)c(Br)c1. The molecule has 3 heteroatoms. The van der Waals surface area contributed by atoms with Gasteiger partial charge in [-0.3, -0.25) is 0 Å². The molecule has 0 amide bonds. The molecule has 2 rings (SSSR count). The molecule has 0 aliphatic heterocycles. The van der Waals surface area contributed by atoms with E-state index in [9.17, 15) is 0 Å².